The summed E-state index contributed by atoms with van der Waals surface area (Å²) in [5.41, 5.74) is 3.85. The first-order valence-corrected chi connectivity index (χ1v) is 5.73. The summed E-state index contributed by atoms with van der Waals surface area (Å²) in [5.74, 6) is 0.559. The molecule has 0 amide bonds. The summed E-state index contributed by atoms with van der Waals surface area (Å²) < 4.78 is 0. The summed E-state index contributed by atoms with van der Waals surface area (Å²) in [6.45, 7) is 6.16. The number of hydrogen-bond acceptors (Lipinski definition) is 2. The number of allylic oxidation sites excluding steroid dienone is 2. The third kappa shape index (κ3) is 2.87. The summed E-state index contributed by atoms with van der Waals surface area (Å²) in [5, 5.41) is 7.98. The van der Waals surface area contributed by atoms with Gasteiger partial charge in [-0.2, -0.15) is 0 Å². The molecule has 1 radical (unpaired) electrons. The van der Waals surface area contributed by atoms with E-state index in [1.807, 2.05) is 31.6 Å². The lowest BCUT2D eigenvalue weighted by Crippen LogP contribution is -2.10. The van der Waals surface area contributed by atoms with Crippen LogP contribution in [0.4, 0.5) is 0 Å². The van der Waals surface area contributed by atoms with Gasteiger partial charge < -0.3 is 0 Å². The van der Waals surface area contributed by atoms with E-state index in [4.69, 9.17) is 5.41 Å². The molecule has 87 valence electrons. The van der Waals surface area contributed by atoms with Crippen LogP contribution in [0, 0.1) is 24.7 Å². The Morgan fingerprint density at radius 3 is 2.65 bits per heavy atom. The fraction of sp³-hybridized carbons (Fsp3) is 0.286. The Morgan fingerprint density at radius 1 is 1.41 bits per heavy atom. The van der Waals surface area contributed by atoms with E-state index in [1.165, 1.54) is 0 Å². The van der Waals surface area contributed by atoms with E-state index in [0.717, 1.165) is 16.8 Å². The van der Waals surface area contributed by atoms with Crippen LogP contribution in [0.3, 0.4) is 0 Å². The number of hydrogen-bond donors (Lipinski definition) is 1. The highest BCUT2D eigenvalue weighted by atomic mass is 14.9. The Balaban J connectivity index is 2.25. The van der Waals surface area contributed by atoms with Crippen molar-refractivity contribution in [2.45, 2.75) is 20.8 Å². The van der Waals surface area contributed by atoms with Crippen LogP contribution in [0.5, 0.6) is 0 Å². The smallest absolute Gasteiger partial charge is 0.170 e. The fourth-order valence-electron chi connectivity index (χ4n) is 1.58. The quantitative estimate of drug-likeness (QED) is 0.625. The number of aryl methyl sites for hydroxylation is 1. The molecule has 1 N–H and O–H groups in total. The molecular weight excluding hydrogens is 210 g/mol. The van der Waals surface area contributed by atoms with Gasteiger partial charge in [0.05, 0.1) is 0 Å². The zero-order chi connectivity index (χ0) is 12.4. The van der Waals surface area contributed by atoms with Gasteiger partial charge in [0.15, 0.2) is 5.84 Å². The summed E-state index contributed by atoms with van der Waals surface area (Å²) in [6.07, 6.45) is 5.76. The van der Waals surface area contributed by atoms with E-state index < -0.39 is 0 Å². The summed E-state index contributed by atoms with van der Waals surface area (Å²) >= 11 is 0. The molecule has 1 aromatic heterocycles. The monoisotopic (exact) mass is 226 g/mol. The molecule has 1 aromatic rings. The predicted molar refractivity (Wildman–Crippen MR) is 70.5 cm³/mol. The molecule has 0 saturated carbocycles. The van der Waals surface area contributed by atoms with Crippen molar-refractivity contribution in [3.05, 3.63) is 47.7 Å². The molecule has 1 aliphatic carbocycles. The zero-order valence-corrected chi connectivity index (χ0v) is 10.4. The van der Waals surface area contributed by atoms with Gasteiger partial charge in [-0.3, -0.25) is 10.4 Å². The Kier molecular flexibility index (Phi) is 3.18. The van der Waals surface area contributed by atoms with Crippen LogP contribution in [-0.4, -0.2) is 16.5 Å². The van der Waals surface area contributed by atoms with Crippen LogP contribution < -0.4 is 0 Å². The van der Waals surface area contributed by atoms with Crippen LogP contribution in [-0.2, 0) is 0 Å². The highest BCUT2D eigenvalue weighted by Gasteiger charge is 2.19. The van der Waals surface area contributed by atoms with E-state index in [0.29, 0.717) is 11.6 Å². The fourth-order valence-corrected chi connectivity index (χ4v) is 1.58. The number of pyridine rings is 1. The largest absolute Gasteiger partial charge is 0.281 e. The molecule has 0 atom stereocenters. The lowest BCUT2D eigenvalue weighted by atomic mass is 10.1. The second-order valence-electron chi connectivity index (χ2n) is 4.51. The van der Waals surface area contributed by atoms with Crippen LogP contribution in [0.25, 0.3) is 0 Å². The maximum atomic E-state index is 7.98. The normalized spacial score (nSPS) is 14.8. The van der Waals surface area contributed by atoms with Gasteiger partial charge >= 0.3 is 0 Å². The number of amidine groups is 1. The maximum absolute atomic E-state index is 7.98. The first-order chi connectivity index (χ1) is 8.08. The molecule has 1 heterocycles. The highest BCUT2D eigenvalue weighted by molar-refractivity contribution is 6.15. The van der Waals surface area contributed by atoms with Crippen molar-refractivity contribution in [1.82, 2.24) is 4.98 Å². The minimum Gasteiger partial charge on any atom is -0.281 e. The zero-order valence-electron chi connectivity index (χ0n) is 10.4. The number of rotatable bonds is 3. The molecule has 3 nitrogen and oxygen atoms in total. The van der Waals surface area contributed by atoms with Gasteiger partial charge in [0, 0.05) is 18.3 Å². The summed E-state index contributed by atoms with van der Waals surface area (Å²) in [6, 6.07) is 3.80. The van der Waals surface area contributed by atoms with Crippen LogP contribution in [0.15, 0.2) is 35.0 Å². The highest BCUT2D eigenvalue weighted by Crippen LogP contribution is 2.23. The number of aromatic nitrogens is 1. The second-order valence-corrected chi connectivity index (χ2v) is 4.51. The Hall–Kier alpha value is -1.77. The van der Waals surface area contributed by atoms with Gasteiger partial charge in [0.2, 0.25) is 0 Å². The van der Waals surface area contributed by atoms with Crippen molar-refractivity contribution in [1.29, 1.82) is 5.41 Å². The molecule has 0 fully saturated rings. The summed E-state index contributed by atoms with van der Waals surface area (Å²) in [7, 11) is 0. The third-order valence-corrected chi connectivity index (χ3v) is 2.57. The van der Waals surface area contributed by atoms with Crippen molar-refractivity contribution in [3.63, 3.8) is 0 Å². The Morgan fingerprint density at radius 2 is 2.12 bits per heavy atom. The second kappa shape index (κ2) is 4.62. The van der Waals surface area contributed by atoms with Gasteiger partial charge in [0.1, 0.15) is 5.69 Å². The topological polar surface area (TPSA) is 49.1 Å². The molecule has 1 aliphatic rings. The number of aliphatic imine (C=N–C) groups is 1. The van der Waals surface area contributed by atoms with E-state index >= 15 is 0 Å². The third-order valence-electron chi connectivity index (χ3n) is 2.57. The van der Waals surface area contributed by atoms with Crippen molar-refractivity contribution in [2.24, 2.45) is 10.9 Å². The average molecular weight is 226 g/mol. The standard InChI is InChI=1S/C14H16N3/c1-9(2)13(11-4-5-11)17-14(15)12-8-10(3)6-7-16-12/h4-9,15H,1-3H3. The molecule has 2 rings (SSSR count). The minimum absolute atomic E-state index is 0.235. The van der Waals surface area contributed by atoms with E-state index in [1.54, 1.807) is 6.20 Å². The molecule has 0 aromatic carbocycles. The molecule has 0 spiro atoms. The lowest BCUT2D eigenvalue weighted by molar-refractivity contribution is 0.888. The van der Waals surface area contributed by atoms with Crippen molar-refractivity contribution < 1.29 is 0 Å². The van der Waals surface area contributed by atoms with Gasteiger partial charge in [-0.05, 0) is 36.1 Å². The van der Waals surface area contributed by atoms with Gasteiger partial charge in [-0.1, -0.05) is 19.9 Å². The Labute approximate surface area is 102 Å². The molecular formula is C14H16N3. The van der Waals surface area contributed by atoms with Gasteiger partial charge in [-0.25, -0.2) is 4.99 Å². The first kappa shape index (κ1) is 11.7. The minimum atomic E-state index is 0.235. The average Bonchev–Trinajstić information content (AvgIpc) is 3.09. The molecule has 3 heteroatoms. The maximum Gasteiger partial charge on any atom is 0.170 e. The van der Waals surface area contributed by atoms with Crippen LogP contribution in [0.1, 0.15) is 25.1 Å². The first-order valence-electron chi connectivity index (χ1n) is 5.73. The molecule has 17 heavy (non-hydrogen) atoms. The van der Waals surface area contributed by atoms with Gasteiger partial charge in [-0.15, -0.1) is 0 Å². The van der Waals surface area contributed by atoms with Crippen molar-refractivity contribution >= 4 is 11.5 Å². The van der Waals surface area contributed by atoms with Crippen molar-refractivity contribution in [3.8, 4) is 0 Å². The Bertz CT molecular complexity index is 510. The number of nitrogens with zero attached hydrogens (tertiary/aromatic N) is 2. The van der Waals surface area contributed by atoms with Crippen LogP contribution >= 0.6 is 0 Å². The van der Waals surface area contributed by atoms with E-state index in [2.05, 4.69) is 23.8 Å². The van der Waals surface area contributed by atoms with E-state index in [-0.39, 0.29) is 5.84 Å². The van der Waals surface area contributed by atoms with Crippen LogP contribution in [0.2, 0.25) is 0 Å². The predicted octanol–water partition coefficient (Wildman–Crippen LogP) is 2.96. The molecule has 0 aliphatic heterocycles. The molecule has 0 bridgehead atoms. The molecule has 0 saturated heterocycles. The van der Waals surface area contributed by atoms with E-state index in [9.17, 15) is 0 Å². The molecule has 0 unspecified atom stereocenters. The number of nitrogens with one attached hydrogen (secondary N) is 1. The van der Waals surface area contributed by atoms with Gasteiger partial charge in [0.25, 0.3) is 0 Å². The SMILES string of the molecule is Cc1ccnc(C(=N)N=C(C2=C[CH]2)C(C)C)c1. The summed E-state index contributed by atoms with van der Waals surface area (Å²) in [4.78, 5) is 8.56. The lowest BCUT2D eigenvalue weighted by Gasteiger charge is -2.07. The van der Waals surface area contributed by atoms with Crippen molar-refractivity contribution in [2.75, 3.05) is 0 Å².